The topological polar surface area (TPSA) is 61.8 Å². The first-order valence-electron chi connectivity index (χ1n) is 6.24. The van der Waals surface area contributed by atoms with Crippen molar-refractivity contribution < 1.29 is 66.0 Å². The second kappa shape index (κ2) is 6.07. The molecule has 0 amide bonds. The zero-order valence-corrected chi connectivity index (χ0v) is 13.5. The first-order chi connectivity index (χ1) is 11.2. The van der Waals surface area contributed by atoms with Crippen LogP contribution in [-0.4, -0.2) is 56.5 Å². The predicted octanol–water partition coefficient (Wildman–Crippen LogP) is 3.21. The molecule has 0 radical (unpaired) electrons. The molecule has 0 spiro atoms. The van der Waals surface area contributed by atoms with Gasteiger partial charge in [-0.15, -0.1) is 0 Å². The zero-order valence-electron chi connectivity index (χ0n) is 12.6. The van der Waals surface area contributed by atoms with Crippen LogP contribution in [0.1, 0.15) is 13.8 Å². The monoisotopic (exact) mass is 432 g/mol. The third-order valence-electron chi connectivity index (χ3n) is 3.42. The average molecular weight is 432 g/mol. The highest BCUT2D eigenvalue weighted by Crippen LogP contribution is 2.52. The van der Waals surface area contributed by atoms with Crippen molar-refractivity contribution in [3.05, 3.63) is 0 Å². The van der Waals surface area contributed by atoms with Gasteiger partial charge in [0.2, 0.25) is 5.79 Å². The summed E-state index contributed by atoms with van der Waals surface area (Å²) in [5, 5.41) is -6.84. The van der Waals surface area contributed by atoms with E-state index in [1.54, 1.807) is 0 Å². The Morgan fingerprint density at radius 2 is 1.58 bits per heavy atom. The Kier molecular flexibility index (Phi) is 5.41. The molecular formula is C10H10F10O5S. The van der Waals surface area contributed by atoms with Gasteiger partial charge in [0.1, 0.15) is 13.3 Å². The van der Waals surface area contributed by atoms with Crippen molar-refractivity contribution in [3.63, 3.8) is 0 Å². The van der Waals surface area contributed by atoms with Crippen LogP contribution >= 0.6 is 0 Å². The molecule has 156 valence electrons. The van der Waals surface area contributed by atoms with Gasteiger partial charge in [-0.3, -0.25) is 0 Å². The summed E-state index contributed by atoms with van der Waals surface area (Å²) in [7, 11) is -7.47. The smallest absolute Gasteiger partial charge is 0.341 e. The lowest BCUT2D eigenvalue weighted by atomic mass is 10.0. The normalized spacial score (nSPS) is 31.1. The van der Waals surface area contributed by atoms with Crippen LogP contribution in [0.25, 0.3) is 0 Å². The summed E-state index contributed by atoms with van der Waals surface area (Å²) in [5.74, 6) is -8.02. The SMILES string of the molecule is CC(F)(CF)C1(C)OCC(F)(C(F)(F)OC(F)(F)C(F)(F)S(=O)(=O)F)O1. The molecule has 3 atom stereocenters. The predicted molar refractivity (Wildman–Crippen MR) is 60.7 cm³/mol. The molecule has 0 N–H and O–H groups in total. The van der Waals surface area contributed by atoms with Crippen molar-refractivity contribution >= 4 is 10.2 Å². The first kappa shape index (κ1) is 23.2. The minimum Gasteiger partial charge on any atom is -0.341 e. The van der Waals surface area contributed by atoms with Crippen molar-refractivity contribution in [3.8, 4) is 0 Å². The van der Waals surface area contributed by atoms with Gasteiger partial charge in [-0.25, -0.2) is 13.5 Å². The highest BCUT2D eigenvalue weighted by molar-refractivity contribution is 7.87. The Morgan fingerprint density at radius 1 is 1.12 bits per heavy atom. The van der Waals surface area contributed by atoms with Gasteiger partial charge in [0.25, 0.3) is 0 Å². The molecule has 0 aromatic carbocycles. The minimum absolute atomic E-state index is 0.357. The van der Waals surface area contributed by atoms with E-state index in [0.29, 0.717) is 13.8 Å². The Balaban J connectivity index is 3.19. The Labute approximate surface area is 139 Å². The highest BCUT2D eigenvalue weighted by Gasteiger charge is 2.77. The molecule has 26 heavy (non-hydrogen) atoms. The van der Waals surface area contributed by atoms with Gasteiger partial charge in [-0.05, 0) is 13.8 Å². The third kappa shape index (κ3) is 3.47. The zero-order chi connectivity index (χ0) is 21.0. The van der Waals surface area contributed by atoms with Crippen LogP contribution in [0, 0.1) is 0 Å². The van der Waals surface area contributed by atoms with Gasteiger partial charge >= 0.3 is 33.5 Å². The fourth-order valence-corrected chi connectivity index (χ4v) is 1.88. The molecule has 1 rings (SSSR count). The van der Waals surface area contributed by atoms with E-state index < -0.39 is 58.3 Å². The molecule has 0 aromatic heterocycles. The van der Waals surface area contributed by atoms with Gasteiger partial charge in [0.15, 0.2) is 5.67 Å². The van der Waals surface area contributed by atoms with E-state index in [1.165, 1.54) is 0 Å². The fourth-order valence-electron chi connectivity index (χ4n) is 1.56. The molecule has 1 fully saturated rings. The maximum Gasteiger partial charge on any atom is 0.464 e. The number of hydrogen-bond donors (Lipinski definition) is 0. The number of ether oxygens (including phenoxy) is 3. The van der Waals surface area contributed by atoms with E-state index in [-0.39, 0.29) is 0 Å². The van der Waals surface area contributed by atoms with Crippen LogP contribution in [0.4, 0.5) is 43.4 Å². The molecular weight excluding hydrogens is 422 g/mol. The maximum atomic E-state index is 14.1. The van der Waals surface area contributed by atoms with Crippen LogP contribution in [-0.2, 0) is 24.4 Å². The Morgan fingerprint density at radius 3 is 1.96 bits per heavy atom. The highest BCUT2D eigenvalue weighted by atomic mass is 32.3. The van der Waals surface area contributed by atoms with Crippen LogP contribution in [0.5, 0.6) is 0 Å². The largest absolute Gasteiger partial charge is 0.464 e. The number of alkyl halides is 9. The standard InChI is InChI=1S/C10H10F10O5S/c1-5(12,3-11)6(2)23-4-7(13,24-6)8(14,15)25-9(16,17)10(18,19)26(20,21)22/h3-4H2,1-2H3. The van der Waals surface area contributed by atoms with E-state index in [1.807, 2.05) is 0 Å². The lowest BCUT2D eigenvalue weighted by Gasteiger charge is -2.36. The van der Waals surface area contributed by atoms with Crippen molar-refractivity contribution in [2.45, 2.75) is 48.6 Å². The molecule has 1 aliphatic rings. The summed E-state index contributed by atoms with van der Waals surface area (Å²) >= 11 is 0. The van der Waals surface area contributed by atoms with Crippen LogP contribution < -0.4 is 0 Å². The lowest BCUT2D eigenvalue weighted by Crippen LogP contribution is -2.59. The summed E-state index contributed by atoms with van der Waals surface area (Å²) < 4.78 is 162. The van der Waals surface area contributed by atoms with Gasteiger partial charge in [0.05, 0.1) is 0 Å². The van der Waals surface area contributed by atoms with Crippen LogP contribution in [0.15, 0.2) is 0 Å². The molecule has 1 saturated heterocycles. The summed E-state index contributed by atoms with van der Waals surface area (Å²) in [6, 6.07) is 0. The Hall–Kier alpha value is -0.870. The number of hydrogen-bond acceptors (Lipinski definition) is 5. The molecule has 3 unspecified atom stereocenters. The molecule has 16 heteroatoms. The van der Waals surface area contributed by atoms with Crippen molar-refractivity contribution in [2.24, 2.45) is 0 Å². The van der Waals surface area contributed by atoms with Gasteiger partial charge in [0, 0.05) is 0 Å². The second-order valence-electron chi connectivity index (χ2n) is 5.49. The van der Waals surface area contributed by atoms with Crippen molar-refractivity contribution in [1.82, 2.24) is 0 Å². The summed E-state index contributed by atoms with van der Waals surface area (Å²) in [6.07, 6.45) is -12.9. The van der Waals surface area contributed by atoms with E-state index in [4.69, 9.17) is 0 Å². The minimum atomic E-state index is -7.47. The first-order valence-corrected chi connectivity index (χ1v) is 7.62. The van der Waals surface area contributed by atoms with Crippen molar-refractivity contribution in [2.75, 3.05) is 13.3 Å². The van der Waals surface area contributed by atoms with Gasteiger partial charge in [-0.1, -0.05) is 3.89 Å². The van der Waals surface area contributed by atoms with Crippen molar-refractivity contribution in [1.29, 1.82) is 0 Å². The fraction of sp³-hybridized carbons (Fsp3) is 1.00. The number of rotatable bonds is 7. The maximum absolute atomic E-state index is 14.1. The molecule has 0 aromatic rings. The summed E-state index contributed by atoms with van der Waals surface area (Å²) in [4.78, 5) is 0. The summed E-state index contributed by atoms with van der Waals surface area (Å²) in [5.41, 5.74) is -3.30. The number of halogens is 10. The van der Waals surface area contributed by atoms with Gasteiger partial charge < -0.3 is 9.47 Å². The Bertz CT molecular complexity index is 653. The molecule has 1 heterocycles. The molecule has 0 aliphatic carbocycles. The van der Waals surface area contributed by atoms with E-state index in [9.17, 15) is 51.8 Å². The summed E-state index contributed by atoms with van der Waals surface area (Å²) in [6.45, 7) is -3.35. The average Bonchev–Trinajstić information content (AvgIpc) is 2.75. The van der Waals surface area contributed by atoms with Crippen LogP contribution in [0.3, 0.4) is 0 Å². The third-order valence-corrected chi connectivity index (χ3v) is 4.27. The second-order valence-corrected chi connectivity index (χ2v) is 6.87. The van der Waals surface area contributed by atoms with Gasteiger partial charge in [-0.2, -0.15) is 39.2 Å². The molecule has 5 nitrogen and oxygen atoms in total. The molecule has 0 bridgehead atoms. The van der Waals surface area contributed by atoms with Crippen LogP contribution in [0.2, 0.25) is 0 Å². The van der Waals surface area contributed by atoms with E-state index >= 15 is 0 Å². The molecule has 1 aliphatic heterocycles. The quantitative estimate of drug-likeness (QED) is 0.457. The van der Waals surface area contributed by atoms with E-state index in [2.05, 4.69) is 14.2 Å². The van der Waals surface area contributed by atoms with E-state index in [0.717, 1.165) is 0 Å². The lowest BCUT2D eigenvalue weighted by molar-refractivity contribution is -0.471. The molecule has 0 saturated carbocycles.